The molecule has 1 heterocycles. The molecule has 54 heavy (non-hydrogen) atoms. The van der Waals surface area contributed by atoms with Crippen LogP contribution in [-0.4, -0.2) is 0 Å². The highest BCUT2D eigenvalue weighted by molar-refractivity contribution is 6.10. The molecule has 0 bridgehead atoms. The lowest BCUT2D eigenvalue weighted by atomic mass is 9.79. The Hall–Kier alpha value is -6.63. The van der Waals surface area contributed by atoms with E-state index < -0.39 is 0 Å². The summed E-state index contributed by atoms with van der Waals surface area (Å²) in [5.41, 5.74) is 16.0. The lowest BCUT2D eigenvalue weighted by molar-refractivity contribution is 0.653. The van der Waals surface area contributed by atoms with Crippen LogP contribution in [0.1, 0.15) is 49.9 Å². The highest BCUT2D eigenvalue weighted by Gasteiger charge is 2.42. The predicted octanol–water partition coefficient (Wildman–Crippen LogP) is 14.5. The van der Waals surface area contributed by atoms with Crippen molar-refractivity contribution in [2.45, 2.75) is 38.5 Å². The monoisotopic (exact) mass is 692 g/mol. The van der Waals surface area contributed by atoms with Crippen LogP contribution in [0.25, 0.3) is 70.6 Å². The second kappa shape index (κ2) is 10.7. The lowest BCUT2D eigenvalue weighted by Gasteiger charge is -2.26. The number of nitrogens with zero attached hydrogens (tertiary/aromatic N) is 2. The van der Waals surface area contributed by atoms with Crippen LogP contribution in [0.3, 0.4) is 0 Å². The molecule has 0 saturated carbocycles. The molecule has 9 aromatic rings. The molecule has 0 aliphatic heterocycles. The van der Waals surface area contributed by atoms with Gasteiger partial charge in [0.1, 0.15) is 5.58 Å². The molecule has 0 atom stereocenters. The first kappa shape index (κ1) is 30.9. The summed E-state index contributed by atoms with van der Waals surface area (Å²) in [7, 11) is 0. The van der Waals surface area contributed by atoms with Gasteiger partial charge in [-0.25, -0.2) is 4.85 Å². The molecule has 3 nitrogen and oxygen atoms in total. The van der Waals surface area contributed by atoms with Gasteiger partial charge in [0.2, 0.25) is 0 Å². The summed E-state index contributed by atoms with van der Waals surface area (Å²) in [5.74, 6) is 0. The van der Waals surface area contributed by atoms with Gasteiger partial charge in [-0.3, -0.25) is 0 Å². The van der Waals surface area contributed by atoms with Gasteiger partial charge in [-0.05, 0) is 139 Å². The van der Waals surface area contributed by atoms with Gasteiger partial charge in [-0.15, -0.1) is 0 Å². The van der Waals surface area contributed by atoms with Crippen LogP contribution in [0.4, 0.5) is 22.7 Å². The number of para-hydroxylation sites is 2. The van der Waals surface area contributed by atoms with E-state index in [0.29, 0.717) is 5.69 Å². The minimum atomic E-state index is -0.178. The zero-order valence-electron chi connectivity index (χ0n) is 30.7. The second-order valence-electron chi connectivity index (χ2n) is 16.1. The van der Waals surface area contributed by atoms with E-state index in [0.717, 1.165) is 39.0 Å². The standard InChI is InChI=1S/C51H36N2O/c1-50(2)43-26-31-12-7-6-11-30(31)24-39(43)41-28-46-42(29-45(41)50)40-25-32-17-20-36(23-33(32)27-44(40)51(46,3)4)53(35-21-18-34(52-5)19-22-35)47-15-10-14-38-37-13-8-9-16-48(37)54-49(38)47/h6-29H,1-4H3. The predicted molar refractivity (Wildman–Crippen MR) is 225 cm³/mol. The van der Waals surface area contributed by atoms with E-state index >= 15 is 0 Å². The van der Waals surface area contributed by atoms with Gasteiger partial charge in [0.15, 0.2) is 11.3 Å². The maximum Gasteiger partial charge on any atom is 0.187 e. The summed E-state index contributed by atoms with van der Waals surface area (Å²) in [6.45, 7) is 17.1. The van der Waals surface area contributed by atoms with Crippen LogP contribution >= 0.6 is 0 Å². The van der Waals surface area contributed by atoms with Gasteiger partial charge in [-0.2, -0.15) is 0 Å². The van der Waals surface area contributed by atoms with Crippen LogP contribution < -0.4 is 4.90 Å². The van der Waals surface area contributed by atoms with Crippen molar-refractivity contribution in [3.05, 3.63) is 179 Å². The summed E-state index contributed by atoms with van der Waals surface area (Å²) in [4.78, 5) is 5.93. The number of benzene rings is 8. The van der Waals surface area contributed by atoms with Gasteiger partial charge in [0.05, 0.1) is 12.3 Å². The van der Waals surface area contributed by atoms with Crippen molar-refractivity contribution in [2.24, 2.45) is 0 Å². The highest BCUT2D eigenvalue weighted by Crippen LogP contribution is 2.57. The van der Waals surface area contributed by atoms with E-state index in [1.165, 1.54) is 66.1 Å². The zero-order valence-corrected chi connectivity index (χ0v) is 30.7. The van der Waals surface area contributed by atoms with Crippen LogP contribution in [-0.2, 0) is 10.8 Å². The lowest BCUT2D eigenvalue weighted by Crippen LogP contribution is -2.17. The van der Waals surface area contributed by atoms with E-state index in [9.17, 15) is 0 Å². The number of rotatable bonds is 3. The SMILES string of the molecule is [C-]#[N+]c1ccc(N(c2ccc3cc4c(cc3c2)C(C)(C)c2cc3c(cc2-4)C(C)(C)c2cc4ccccc4cc2-3)c2cccc3c2oc2ccccc23)cc1. The molecule has 2 aliphatic rings. The Labute approximate surface area is 314 Å². The maximum atomic E-state index is 7.57. The van der Waals surface area contributed by atoms with Gasteiger partial charge < -0.3 is 9.32 Å². The summed E-state index contributed by atoms with van der Waals surface area (Å²) in [6, 6.07) is 52.6. The van der Waals surface area contributed by atoms with E-state index in [-0.39, 0.29) is 10.8 Å². The number of fused-ring (bicyclic) bond motifs is 11. The normalized spacial score (nSPS) is 14.6. The molecule has 8 aromatic carbocycles. The first-order chi connectivity index (χ1) is 26.2. The van der Waals surface area contributed by atoms with Crippen molar-refractivity contribution in [3.63, 3.8) is 0 Å². The van der Waals surface area contributed by atoms with Crippen molar-refractivity contribution in [3.8, 4) is 22.3 Å². The number of hydrogen-bond donors (Lipinski definition) is 0. The fraction of sp³-hybridized carbons (Fsp3) is 0.118. The van der Waals surface area contributed by atoms with Crippen molar-refractivity contribution in [1.82, 2.24) is 0 Å². The molecule has 0 N–H and O–H groups in total. The Kier molecular flexibility index (Phi) is 6.14. The molecule has 3 heteroatoms. The van der Waals surface area contributed by atoms with Crippen LogP contribution in [0.5, 0.6) is 0 Å². The molecule has 0 spiro atoms. The van der Waals surface area contributed by atoms with E-state index in [1.54, 1.807) is 0 Å². The molecule has 256 valence electrons. The molecular formula is C51H36N2O. The Morgan fingerprint density at radius 3 is 1.70 bits per heavy atom. The third kappa shape index (κ3) is 4.17. The van der Waals surface area contributed by atoms with Crippen molar-refractivity contribution < 1.29 is 4.42 Å². The largest absolute Gasteiger partial charge is 0.454 e. The Bertz CT molecular complexity index is 3120. The Balaban J connectivity index is 1.08. The fourth-order valence-electron chi connectivity index (χ4n) is 9.53. The fourth-order valence-corrected chi connectivity index (χ4v) is 9.53. The average molecular weight is 693 g/mol. The molecule has 1 aromatic heterocycles. The quantitative estimate of drug-likeness (QED) is 0.172. The molecular weight excluding hydrogens is 657 g/mol. The number of hydrogen-bond acceptors (Lipinski definition) is 2. The third-order valence-electron chi connectivity index (χ3n) is 12.4. The van der Waals surface area contributed by atoms with Gasteiger partial charge >= 0.3 is 0 Å². The molecule has 0 amide bonds. The zero-order chi connectivity index (χ0) is 36.5. The average Bonchev–Trinajstić information content (AvgIpc) is 3.76. The second-order valence-corrected chi connectivity index (χ2v) is 16.1. The van der Waals surface area contributed by atoms with Gasteiger partial charge in [0, 0.05) is 33.0 Å². The Morgan fingerprint density at radius 2 is 1.02 bits per heavy atom. The Morgan fingerprint density at radius 1 is 0.481 bits per heavy atom. The topological polar surface area (TPSA) is 20.7 Å². The summed E-state index contributed by atoms with van der Waals surface area (Å²) in [5, 5.41) is 7.17. The molecule has 0 radical (unpaired) electrons. The van der Waals surface area contributed by atoms with Gasteiger partial charge in [-0.1, -0.05) is 100 Å². The minimum absolute atomic E-state index is 0.0957. The maximum absolute atomic E-state index is 7.57. The first-order valence-electron chi connectivity index (χ1n) is 18.7. The van der Waals surface area contributed by atoms with E-state index in [4.69, 9.17) is 11.0 Å². The molecule has 0 fully saturated rings. The summed E-state index contributed by atoms with van der Waals surface area (Å²) >= 11 is 0. The number of anilines is 3. The summed E-state index contributed by atoms with van der Waals surface area (Å²) in [6.07, 6.45) is 0. The van der Waals surface area contributed by atoms with Crippen LogP contribution in [0, 0.1) is 6.57 Å². The van der Waals surface area contributed by atoms with Crippen molar-refractivity contribution >= 4 is 66.2 Å². The third-order valence-corrected chi connectivity index (χ3v) is 12.4. The number of furan rings is 1. The minimum Gasteiger partial charge on any atom is -0.454 e. The van der Waals surface area contributed by atoms with Crippen LogP contribution in [0.2, 0.25) is 0 Å². The van der Waals surface area contributed by atoms with Crippen molar-refractivity contribution in [2.75, 3.05) is 4.90 Å². The molecule has 0 unspecified atom stereocenters. The molecule has 0 saturated heterocycles. The van der Waals surface area contributed by atoms with Gasteiger partial charge in [0.25, 0.3) is 0 Å². The molecule has 11 rings (SSSR count). The van der Waals surface area contributed by atoms with E-state index in [1.807, 2.05) is 36.4 Å². The highest BCUT2D eigenvalue weighted by atomic mass is 16.3. The molecule has 2 aliphatic carbocycles. The van der Waals surface area contributed by atoms with Crippen LogP contribution in [0.15, 0.2) is 150 Å². The first-order valence-corrected chi connectivity index (χ1v) is 18.7. The van der Waals surface area contributed by atoms with E-state index in [2.05, 4.69) is 147 Å². The smallest absolute Gasteiger partial charge is 0.187 e. The summed E-state index contributed by atoms with van der Waals surface area (Å²) < 4.78 is 6.56. The van der Waals surface area contributed by atoms with Crippen molar-refractivity contribution in [1.29, 1.82) is 0 Å².